The number of carbonyl (C=O) groups is 4. The molecule has 0 spiro atoms. The van der Waals surface area contributed by atoms with Gasteiger partial charge in [0, 0.05) is 28.4 Å². The molecule has 0 radical (unpaired) electrons. The van der Waals surface area contributed by atoms with Gasteiger partial charge in [-0.3, -0.25) is 9.79 Å². The van der Waals surface area contributed by atoms with E-state index in [1.54, 1.807) is 12.1 Å². The largest absolute Gasteiger partial charge is 0.507 e. The summed E-state index contributed by atoms with van der Waals surface area (Å²) >= 11 is 6.00. The first-order valence-corrected chi connectivity index (χ1v) is 12.1. The lowest BCUT2D eigenvalue weighted by Crippen LogP contribution is -2.35. The zero-order valence-corrected chi connectivity index (χ0v) is 21.9. The van der Waals surface area contributed by atoms with Gasteiger partial charge in [0.05, 0.1) is 19.0 Å². The highest BCUT2D eigenvalue weighted by Crippen LogP contribution is 2.33. The predicted molar refractivity (Wildman–Crippen MR) is 135 cm³/mol. The standard InChI is InChI=1S/C24H23ClF3N5O8/c1-12-7-14(25)9-16(20(12)36)17(10-18(34)40-41-22(38)24(26,27)28)33-39-19(35)11-31-21(37)13-3-2-4-15(8-13)32-23-29-5-6-30-23/h2-4,7-9,17,33,36H,5-6,10-11H2,1H3,(H,31,37)(H2,29,30,32)/t17-/m1/s1. The maximum Gasteiger partial charge on any atom is 0.495 e. The van der Waals surface area contributed by atoms with Gasteiger partial charge in [-0.2, -0.15) is 13.2 Å². The fourth-order valence-electron chi connectivity index (χ4n) is 3.36. The summed E-state index contributed by atoms with van der Waals surface area (Å²) in [5, 5.41) is 18.9. The van der Waals surface area contributed by atoms with Crippen LogP contribution in [0.1, 0.15) is 33.9 Å². The average Bonchev–Trinajstić information content (AvgIpc) is 3.43. The van der Waals surface area contributed by atoms with Crippen LogP contribution in [0.15, 0.2) is 41.4 Å². The van der Waals surface area contributed by atoms with Crippen LogP contribution in [0.25, 0.3) is 0 Å². The molecule has 13 nitrogen and oxygen atoms in total. The maximum absolute atomic E-state index is 12.5. The Hall–Kier alpha value is -4.57. The van der Waals surface area contributed by atoms with Gasteiger partial charge < -0.3 is 25.9 Å². The highest BCUT2D eigenvalue weighted by molar-refractivity contribution is 6.30. The molecule has 0 unspecified atom stereocenters. The van der Waals surface area contributed by atoms with E-state index < -0.39 is 49.0 Å². The Morgan fingerprint density at radius 1 is 1.15 bits per heavy atom. The maximum atomic E-state index is 12.5. The van der Waals surface area contributed by atoms with Gasteiger partial charge in [0.25, 0.3) is 5.91 Å². The Kier molecular flexibility index (Phi) is 10.3. The summed E-state index contributed by atoms with van der Waals surface area (Å²) in [6.07, 6.45) is -6.31. The van der Waals surface area contributed by atoms with Crippen molar-refractivity contribution in [3.63, 3.8) is 0 Å². The van der Waals surface area contributed by atoms with E-state index in [-0.39, 0.29) is 27.5 Å². The second-order valence-electron chi connectivity index (χ2n) is 8.38. The zero-order valence-electron chi connectivity index (χ0n) is 21.1. The number of alkyl halides is 3. The lowest BCUT2D eigenvalue weighted by atomic mass is 10.0. The minimum Gasteiger partial charge on any atom is -0.507 e. The smallest absolute Gasteiger partial charge is 0.495 e. The highest BCUT2D eigenvalue weighted by atomic mass is 35.5. The number of nitrogens with zero attached hydrogens (tertiary/aromatic N) is 1. The lowest BCUT2D eigenvalue weighted by Gasteiger charge is -2.20. The third-order valence-electron chi connectivity index (χ3n) is 5.25. The number of anilines is 1. The Morgan fingerprint density at radius 2 is 1.90 bits per heavy atom. The summed E-state index contributed by atoms with van der Waals surface area (Å²) < 4.78 is 36.9. The number of amides is 1. The van der Waals surface area contributed by atoms with Crippen LogP contribution in [-0.2, 0) is 29.0 Å². The number of phenols is 1. The van der Waals surface area contributed by atoms with Gasteiger partial charge in [-0.15, -0.1) is 5.48 Å². The summed E-state index contributed by atoms with van der Waals surface area (Å²) in [4.78, 5) is 64.1. The molecule has 41 heavy (non-hydrogen) atoms. The van der Waals surface area contributed by atoms with Gasteiger partial charge in [0.15, 0.2) is 5.96 Å². The number of aromatic hydroxyl groups is 1. The summed E-state index contributed by atoms with van der Waals surface area (Å²) in [7, 11) is 0. The SMILES string of the molecule is Cc1cc(Cl)cc([C@@H](CC(=O)OOC(=O)C(F)(F)F)NOC(=O)CNC(=O)c2cccc(NC3=NCCN3)c2)c1O. The van der Waals surface area contributed by atoms with E-state index in [9.17, 15) is 37.5 Å². The Labute approximate surface area is 234 Å². The molecule has 1 aliphatic rings. The van der Waals surface area contributed by atoms with E-state index in [0.29, 0.717) is 24.7 Å². The van der Waals surface area contributed by atoms with Gasteiger partial charge in [0.2, 0.25) is 0 Å². The molecule has 1 amide bonds. The third kappa shape index (κ3) is 9.25. The number of phenolic OH excluding ortho intramolecular Hbond substituents is 1. The molecule has 0 saturated carbocycles. The number of nitrogens with one attached hydrogen (secondary N) is 4. The number of hydroxylamine groups is 1. The van der Waals surface area contributed by atoms with E-state index in [1.165, 1.54) is 31.2 Å². The molecule has 0 fully saturated rings. The number of benzene rings is 2. The van der Waals surface area contributed by atoms with Crippen molar-refractivity contribution in [2.75, 3.05) is 25.0 Å². The second-order valence-corrected chi connectivity index (χ2v) is 8.82. The number of hydrogen-bond donors (Lipinski definition) is 5. The second kappa shape index (κ2) is 13.7. The Morgan fingerprint density at radius 3 is 2.59 bits per heavy atom. The van der Waals surface area contributed by atoms with Crippen molar-refractivity contribution in [1.82, 2.24) is 16.1 Å². The molecule has 1 heterocycles. The molecule has 2 aromatic rings. The molecule has 2 aromatic carbocycles. The third-order valence-corrected chi connectivity index (χ3v) is 5.47. The first-order valence-electron chi connectivity index (χ1n) is 11.7. The topological polar surface area (TPSA) is 177 Å². The van der Waals surface area contributed by atoms with Crippen molar-refractivity contribution in [1.29, 1.82) is 0 Å². The number of guanidine groups is 1. The number of aryl methyl sites for hydroxylation is 1. The molecule has 1 aliphatic heterocycles. The van der Waals surface area contributed by atoms with Gasteiger partial charge >= 0.3 is 24.1 Å². The molecule has 1 atom stereocenters. The predicted octanol–water partition coefficient (Wildman–Crippen LogP) is 2.20. The van der Waals surface area contributed by atoms with Crippen LogP contribution in [0, 0.1) is 6.92 Å². The van der Waals surface area contributed by atoms with E-state index in [0.717, 1.165) is 0 Å². The van der Waals surface area contributed by atoms with Gasteiger partial charge in [-0.1, -0.05) is 17.7 Å². The molecule has 220 valence electrons. The summed E-state index contributed by atoms with van der Waals surface area (Å²) in [6.45, 7) is 2.12. The monoisotopic (exact) mass is 601 g/mol. The lowest BCUT2D eigenvalue weighted by molar-refractivity contribution is -0.286. The van der Waals surface area contributed by atoms with Crippen molar-refractivity contribution in [3.05, 3.63) is 58.1 Å². The van der Waals surface area contributed by atoms with Crippen molar-refractivity contribution in [2.45, 2.75) is 25.6 Å². The van der Waals surface area contributed by atoms with Crippen LogP contribution in [0.4, 0.5) is 18.9 Å². The molecular formula is C24H23ClF3N5O8. The number of aliphatic imine (C=N–C) groups is 1. The molecule has 0 saturated heterocycles. The van der Waals surface area contributed by atoms with Crippen LogP contribution >= 0.6 is 11.6 Å². The van der Waals surface area contributed by atoms with Gasteiger partial charge in [0.1, 0.15) is 12.3 Å². The fourth-order valence-corrected chi connectivity index (χ4v) is 3.64. The first-order chi connectivity index (χ1) is 19.3. The normalized spacial score (nSPS) is 13.3. The van der Waals surface area contributed by atoms with E-state index in [4.69, 9.17) is 16.4 Å². The van der Waals surface area contributed by atoms with Crippen LogP contribution < -0.4 is 21.4 Å². The average molecular weight is 602 g/mol. The molecule has 5 N–H and O–H groups in total. The van der Waals surface area contributed by atoms with E-state index in [2.05, 4.69) is 36.2 Å². The number of halogens is 4. The Balaban J connectivity index is 1.60. The molecule has 0 bridgehead atoms. The van der Waals surface area contributed by atoms with Crippen LogP contribution in [0.5, 0.6) is 5.75 Å². The van der Waals surface area contributed by atoms with Crippen LogP contribution in [0.2, 0.25) is 5.02 Å². The quantitative estimate of drug-likeness (QED) is 0.210. The first kappa shape index (κ1) is 31.0. The van der Waals surface area contributed by atoms with E-state index >= 15 is 0 Å². The number of hydrogen-bond acceptors (Lipinski definition) is 12. The van der Waals surface area contributed by atoms with Crippen LogP contribution in [0.3, 0.4) is 0 Å². The van der Waals surface area contributed by atoms with Crippen molar-refractivity contribution < 1.29 is 52.1 Å². The minimum absolute atomic E-state index is 0.100. The van der Waals surface area contributed by atoms with Crippen molar-refractivity contribution >= 4 is 47.1 Å². The molecular weight excluding hydrogens is 579 g/mol. The molecule has 3 rings (SSSR count). The highest BCUT2D eigenvalue weighted by Gasteiger charge is 2.43. The van der Waals surface area contributed by atoms with Crippen molar-refractivity contribution in [2.24, 2.45) is 4.99 Å². The summed E-state index contributed by atoms with van der Waals surface area (Å²) in [5.74, 6) is -5.77. The number of carbonyl (C=O) groups excluding carboxylic acids is 4. The molecule has 17 heteroatoms. The van der Waals surface area contributed by atoms with E-state index in [1.807, 2.05) is 0 Å². The van der Waals surface area contributed by atoms with Gasteiger partial charge in [-0.05, 0) is 42.8 Å². The van der Waals surface area contributed by atoms with Gasteiger partial charge in [-0.25, -0.2) is 24.2 Å². The zero-order chi connectivity index (χ0) is 30.2. The Bertz CT molecular complexity index is 1360. The summed E-state index contributed by atoms with van der Waals surface area (Å²) in [5.41, 5.74) is 3.11. The number of rotatable bonds is 9. The minimum atomic E-state index is -5.42. The summed E-state index contributed by atoms with van der Waals surface area (Å²) in [6, 6.07) is 7.50. The molecule has 0 aromatic heterocycles. The van der Waals surface area contributed by atoms with Crippen molar-refractivity contribution in [3.8, 4) is 5.75 Å². The fraction of sp³-hybridized carbons (Fsp3) is 0.292. The molecule has 0 aliphatic carbocycles. The van der Waals surface area contributed by atoms with Crippen LogP contribution in [-0.4, -0.2) is 60.7 Å².